The summed E-state index contributed by atoms with van der Waals surface area (Å²) in [7, 11) is 0. The molecule has 1 heterocycles. The first-order valence-electron chi connectivity index (χ1n) is 4.49. The van der Waals surface area contributed by atoms with Crippen LogP contribution in [-0.2, 0) is 6.54 Å². The van der Waals surface area contributed by atoms with E-state index in [4.69, 9.17) is 4.52 Å². The number of hydrogen-bond donors (Lipinski definition) is 1. The van der Waals surface area contributed by atoms with Crippen LogP contribution in [0.25, 0.3) is 0 Å². The lowest BCUT2D eigenvalue weighted by atomic mass is 9.93. The number of nitrogens with zero attached hydrogens (tertiary/aromatic N) is 1. The summed E-state index contributed by atoms with van der Waals surface area (Å²) in [6.45, 7) is 2.88. The van der Waals surface area contributed by atoms with E-state index in [1.807, 2.05) is 6.92 Å². The van der Waals surface area contributed by atoms with Crippen LogP contribution in [0.1, 0.15) is 30.5 Å². The standard InChI is InChI=1S/C9H14N2O/c1-7-6-12-11-9(7)5-10-8-3-2-4-8/h6,8,10H,2-5H2,1H3. The molecule has 1 aromatic heterocycles. The molecule has 0 unspecified atom stereocenters. The fraction of sp³-hybridized carbons (Fsp3) is 0.667. The van der Waals surface area contributed by atoms with Gasteiger partial charge in [0.15, 0.2) is 0 Å². The number of aryl methyl sites for hydroxylation is 1. The van der Waals surface area contributed by atoms with Gasteiger partial charge in [-0.1, -0.05) is 11.6 Å². The van der Waals surface area contributed by atoms with Crippen LogP contribution in [0.5, 0.6) is 0 Å². The second-order valence-electron chi connectivity index (χ2n) is 3.45. The zero-order valence-corrected chi connectivity index (χ0v) is 7.34. The van der Waals surface area contributed by atoms with E-state index in [0.717, 1.165) is 23.8 Å². The third-order valence-electron chi connectivity index (χ3n) is 2.51. The summed E-state index contributed by atoms with van der Waals surface area (Å²) in [4.78, 5) is 0. The third-order valence-corrected chi connectivity index (χ3v) is 2.51. The molecule has 0 amide bonds. The van der Waals surface area contributed by atoms with Gasteiger partial charge in [0, 0.05) is 18.2 Å². The van der Waals surface area contributed by atoms with Gasteiger partial charge in [-0.05, 0) is 19.8 Å². The molecule has 1 aromatic rings. The quantitative estimate of drug-likeness (QED) is 0.741. The molecule has 1 aliphatic rings. The van der Waals surface area contributed by atoms with Crippen LogP contribution in [0, 0.1) is 6.92 Å². The summed E-state index contributed by atoms with van der Waals surface area (Å²) >= 11 is 0. The Morgan fingerprint density at radius 2 is 2.50 bits per heavy atom. The predicted molar refractivity (Wildman–Crippen MR) is 45.7 cm³/mol. The van der Waals surface area contributed by atoms with Gasteiger partial charge in [-0.15, -0.1) is 0 Å². The molecule has 3 heteroatoms. The van der Waals surface area contributed by atoms with Crippen molar-refractivity contribution in [3.63, 3.8) is 0 Å². The van der Waals surface area contributed by atoms with Crippen molar-refractivity contribution in [2.24, 2.45) is 0 Å². The number of aromatic nitrogens is 1. The second-order valence-corrected chi connectivity index (χ2v) is 3.45. The van der Waals surface area contributed by atoms with Gasteiger partial charge in [0.1, 0.15) is 12.0 Å². The Morgan fingerprint density at radius 1 is 1.67 bits per heavy atom. The number of nitrogens with one attached hydrogen (secondary N) is 1. The largest absolute Gasteiger partial charge is 0.364 e. The molecular weight excluding hydrogens is 152 g/mol. The zero-order valence-electron chi connectivity index (χ0n) is 7.34. The van der Waals surface area contributed by atoms with Crippen LogP contribution in [0.2, 0.25) is 0 Å². The maximum Gasteiger partial charge on any atom is 0.127 e. The molecule has 0 aromatic carbocycles. The Balaban J connectivity index is 1.82. The fourth-order valence-corrected chi connectivity index (χ4v) is 1.33. The van der Waals surface area contributed by atoms with Crippen LogP contribution >= 0.6 is 0 Å². The Bertz CT molecular complexity index is 253. The molecule has 3 nitrogen and oxygen atoms in total. The van der Waals surface area contributed by atoms with Gasteiger partial charge in [0.2, 0.25) is 0 Å². The first-order chi connectivity index (χ1) is 5.86. The molecule has 1 saturated carbocycles. The summed E-state index contributed by atoms with van der Waals surface area (Å²) in [6.07, 6.45) is 5.70. The van der Waals surface area contributed by atoms with Gasteiger partial charge in [-0.3, -0.25) is 0 Å². The topological polar surface area (TPSA) is 38.1 Å². The lowest BCUT2D eigenvalue weighted by Crippen LogP contribution is -2.34. The lowest BCUT2D eigenvalue weighted by molar-refractivity contribution is 0.331. The van der Waals surface area contributed by atoms with E-state index in [2.05, 4.69) is 10.5 Å². The van der Waals surface area contributed by atoms with Crippen LogP contribution in [-0.4, -0.2) is 11.2 Å². The average molecular weight is 166 g/mol. The van der Waals surface area contributed by atoms with Crippen molar-refractivity contribution in [2.75, 3.05) is 0 Å². The van der Waals surface area contributed by atoms with Crippen LogP contribution < -0.4 is 5.32 Å². The van der Waals surface area contributed by atoms with Crippen molar-refractivity contribution in [1.29, 1.82) is 0 Å². The molecule has 0 saturated heterocycles. The first-order valence-corrected chi connectivity index (χ1v) is 4.49. The third kappa shape index (κ3) is 1.50. The van der Waals surface area contributed by atoms with Crippen molar-refractivity contribution < 1.29 is 4.52 Å². The van der Waals surface area contributed by atoms with Gasteiger partial charge in [0.05, 0.1) is 0 Å². The SMILES string of the molecule is Cc1conc1CNC1CCC1. The summed E-state index contributed by atoms with van der Waals surface area (Å²) in [6, 6.07) is 0.723. The highest BCUT2D eigenvalue weighted by molar-refractivity contribution is 5.11. The van der Waals surface area contributed by atoms with E-state index in [0.29, 0.717) is 0 Å². The van der Waals surface area contributed by atoms with Gasteiger partial charge in [-0.2, -0.15) is 0 Å². The van der Waals surface area contributed by atoms with Gasteiger partial charge in [0.25, 0.3) is 0 Å². The zero-order chi connectivity index (χ0) is 8.39. The van der Waals surface area contributed by atoms with E-state index in [1.54, 1.807) is 6.26 Å². The summed E-state index contributed by atoms with van der Waals surface area (Å²) in [5.41, 5.74) is 2.18. The van der Waals surface area contributed by atoms with Crippen molar-refractivity contribution in [3.8, 4) is 0 Å². The van der Waals surface area contributed by atoms with Crippen molar-refractivity contribution in [2.45, 2.75) is 38.8 Å². The van der Waals surface area contributed by atoms with Crippen LogP contribution in [0.15, 0.2) is 10.8 Å². The molecule has 0 atom stereocenters. The summed E-state index contributed by atoms with van der Waals surface area (Å²) < 4.78 is 4.84. The average Bonchev–Trinajstić information content (AvgIpc) is 2.33. The highest BCUT2D eigenvalue weighted by atomic mass is 16.5. The van der Waals surface area contributed by atoms with E-state index in [1.165, 1.54) is 19.3 Å². The minimum atomic E-state index is 0.723. The molecule has 0 radical (unpaired) electrons. The smallest absolute Gasteiger partial charge is 0.127 e. The highest BCUT2D eigenvalue weighted by Gasteiger charge is 2.16. The van der Waals surface area contributed by atoms with Gasteiger partial charge < -0.3 is 9.84 Å². The van der Waals surface area contributed by atoms with E-state index in [9.17, 15) is 0 Å². The predicted octanol–water partition coefficient (Wildman–Crippen LogP) is 1.63. The first kappa shape index (κ1) is 7.80. The molecular formula is C9H14N2O. The Hall–Kier alpha value is -0.830. The molecule has 0 bridgehead atoms. The van der Waals surface area contributed by atoms with Crippen LogP contribution in [0.4, 0.5) is 0 Å². The lowest BCUT2D eigenvalue weighted by Gasteiger charge is -2.26. The fourth-order valence-electron chi connectivity index (χ4n) is 1.33. The van der Waals surface area contributed by atoms with Crippen molar-refractivity contribution in [3.05, 3.63) is 17.5 Å². The monoisotopic (exact) mass is 166 g/mol. The molecule has 1 fully saturated rings. The van der Waals surface area contributed by atoms with E-state index >= 15 is 0 Å². The Kier molecular flexibility index (Phi) is 2.13. The normalized spacial score (nSPS) is 17.8. The Morgan fingerprint density at radius 3 is 3.00 bits per heavy atom. The van der Waals surface area contributed by atoms with E-state index in [-0.39, 0.29) is 0 Å². The van der Waals surface area contributed by atoms with E-state index < -0.39 is 0 Å². The van der Waals surface area contributed by atoms with Gasteiger partial charge >= 0.3 is 0 Å². The summed E-state index contributed by atoms with van der Waals surface area (Å²) in [5, 5.41) is 7.35. The number of hydrogen-bond acceptors (Lipinski definition) is 3. The second kappa shape index (κ2) is 3.27. The molecule has 1 N–H and O–H groups in total. The molecule has 2 rings (SSSR count). The number of rotatable bonds is 3. The minimum absolute atomic E-state index is 0.723. The summed E-state index contributed by atoms with van der Waals surface area (Å²) in [5.74, 6) is 0. The highest BCUT2D eigenvalue weighted by Crippen LogP contribution is 2.18. The van der Waals surface area contributed by atoms with Crippen molar-refractivity contribution in [1.82, 2.24) is 10.5 Å². The molecule has 0 spiro atoms. The molecule has 12 heavy (non-hydrogen) atoms. The van der Waals surface area contributed by atoms with Gasteiger partial charge in [-0.25, -0.2) is 0 Å². The molecule has 66 valence electrons. The minimum Gasteiger partial charge on any atom is -0.364 e. The molecule has 1 aliphatic carbocycles. The van der Waals surface area contributed by atoms with Crippen LogP contribution in [0.3, 0.4) is 0 Å². The Labute approximate surface area is 72.1 Å². The maximum atomic E-state index is 4.84. The van der Waals surface area contributed by atoms with Crippen molar-refractivity contribution >= 4 is 0 Å². The molecule has 0 aliphatic heterocycles. The maximum absolute atomic E-state index is 4.84.